The molecule has 1 amide bonds. The summed E-state index contributed by atoms with van der Waals surface area (Å²) in [6, 6.07) is 6.55. The number of aromatic hydroxyl groups is 2. The Hall–Kier alpha value is -7.20. The van der Waals surface area contributed by atoms with Crippen molar-refractivity contribution in [2.45, 2.75) is 121 Å². The highest BCUT2D eigenvalue weighted by Crippen LogP contribution is 2.53. The number of nitrogens with one attached hydrogen (secondary N) is 1. The van der Waals surface area contributed by atoms with E-state index in [1.807, 2.05) is 0 Å². The fraction of sp³-hybridized carbons (Fsp3) is 0.480. The van der Waals surface area contributed by atoms with Crippen LogP contribution >= 0.6 is 0 Å². The van der Waals surface area contributed by atoms with Crippen molar-refractivity contribution in [2.24, 2.45) is 11.8 Å². The fourth-order valence-corrected chi connectivity index (χ4v) is 9.71. The van der Waals surface area contributed by atoms with Crippen molar-refractivity contribution in [3.05, 3.63) is 85.5 Å². The molecule has 2 aliphatic carbocycles. The van der Waals surface area contributed by atoms with E-state index in [1.54, 1.807) is 13.8 Å². The number of hydrogen-bond acceptors (Lipinski definition) is 21. The van der Waals surface area contributed by atoms with Crippen LogP contribution in [0.3, 0.4) is 0 Å². The van der Waals surface area contributed by atoms with Gasteiger partial charge in [-0.15, -0.1) is 12.3 Å². The maximum Gasteiger partial charge on any atom is 0.408 e. The van der Waals surface area contributed by atoms with Crippen LogP contribution in [0.4, 0.5) is 10.5 Å². The minimum absolute atomic E-state index is 0.00394. The molecule has 73 heavy (non-hydrogen) atoms. The second-order valence-electron chi connectivity index (χ2n) is 18.3. The molecule has 0 aromatic heterocycles. The molecule has 3 aromatic carbocycles. The number of ether oxygens (including phenoxy) is 8. The molecule has 23 nitrogen and oxygen atoms in total. The fourth-order valence-electron chi connectivity index (χ4n) is 9.71. The van der Waals surface area contributed by atoms with Gasteiger partial charge < -0.3 is 68.7 Å². The molecule has 4 aliphatic rings. The van der Waals surface area contributed by atoms with E-state index in [9.17, 15) is 64.4 Å². The molecule has 3 aromatic rings. The summed E-state index contributed by atoms with van der Waals surface area (Å²) in [5, 5.41) is 71.4. The number of benzene rings is 3. The largest absolute Gasteiger partial charge is 0.507 e. The second-order valence-corrected chi connectivity index (χ2v) is 18.3. The van der Waals surface area contributed by atoms with Gasteiger partial charge in [-0.05, 0) is 25.0 Å². The van der Waals surface area contributed by atoms with Gasteiger partial charge in [-0.3, -0.25) is 34.1 Å². The van der Waals surface area contributed by atoms with Gasteiger partial charge in [0, 0.05) is 67.3 Å². The van der Waals surface area contributed by atoms with Gasteiger partial charge in [0.2, 0.25) is 12.1 Å². The molecular formula is C50H54N2O21. The lowest BCUT2D eigenvalue weighted by Crippen LogP contribution is -2.56. The standard InChI is InChI=1S/C50H54N2O21/c1-8-10-31(26-13-14-32(30(15-26)52(64)65)71-48-47(69-25(6)55)22(3)21(2)35(72-48)20-67-24(5)54)73-49(62)51-29-16-37(68-23(4)42(29)57)70-34-18-50(63,36(56)19-53)17-28-39(34)46(61)41-40(44(28)59)43(58)27-11-9-12-33(66-7)38(27)45(41)60/h1,9,11-15,21-23,29,31,34-35,37,42,47-48,53,57,59,61,63H,10,16-20H2,2-7H3,(H,51,62)/t21-,22+,23?,29?,31?,34+,35?,37?,42?,47?,48-,50+/m1/s1. The lowest BCUT2D eigenvalue weighted by Gasteiger charge is -2.43. The molecule has 2 heterocycles. The number of nitro benzene ring substituents is 1. The Morgan fingerprint density at radius 3 is 2.34 bits per heavy atom. The third kappa shape index (κ3) is 10.5. The Labute approximate surface area is 416 Å². The number of phenols is 2. The number of nitrogens with zero attached hydrogens (tertiary/aromatic N) is 1. The first-order chi connectivity index (χ1) is 34.5. The first kappa shape index (κ1) is 53.6. The number of fused-ring (bicyclic) bond motifs is 3. The number of hydrogen-bond donors (Lipinski definition) is 6. The molecule has 0 saturated carbocycles. The Kier molecular flexibility index (Phi) is 15.8. The molecule has 12 atom stereocenters. The van der Waals surface area contributed by atoms with Crippen LogP contribution in [0.1, 0.15) is 115 Å². The number of Topliss-reactive ketones (excluding diaryl/α,β-unsaturated/α-hetero) is 1. The number of terminal acetylenes is 1. The molecule has 2 aliphatic heterocycles. The number of carbonyl (C=O) groups is 6. The number of rotatable bonds is 15. The lowest BCUT2D eigenvalue weighted by molar-refractivity contribution is -0.387. The summed E-state index contributed by atoms with van der Waals surface area (Å²) < 4.78 is 45.9. The minimum atomic E-state index is -2.46. The van der Waals surface area contributed by atoms with Crippen molar-refractivity contribution in [1.29, 1.82) is 0 Å². The van der Waals surface area contributed by atoms with Crippen LogP contribution in [0.2, 0.25) is 0 Å². The smallest absolute Gasteiger partial charge is 0.408 e. The molecule has 0 radical (unpaired) electrons. The molecule has 0 bridgehead atoms. The van der Waals surface area contributed by atoms with Crippen LogP contribution in [-0.4, -0.2) is 135 Å². The molecule has 7 rings (SSSR count). The molecule has 23 heteroatoms. The van der Waals surface area contributed by atoms with Crippen LogP contribution in [-0.2, 0) is 49.2 Å². The molecule has 390 valence electrons. The molecule has 0 spiro atoms. The molecule has 6 N–H and O–H groups in total. The summed E-state index contributed by atoms with van der Waals surface area (Å²) in [6.07, 6.45) is -7.76. The van der Waals surface area contributed by atoms with E-state index >= 15 is 0 Å². The Bertz CT molecular complexity index is 2770. The maximum absolute atomic E-state index is 14.1. The van der Waals surface area contributed by atoms with E-state index < -0.39 is 155 Å². The number of ketones is 3. The summed E-state index contributed by atoms with van der Waals surface area (Å²) in [6.45, 7) is 6.03. The van der Waals surface area contributed by atoms with Gasteiger partial charge in [-0.2, -0.15) is 0 Å². The number of nitro groups is 1. The Morgan fingerprint density at radius 2 is 1.70 bits per heavy atom. The van der Waals surface area contributed by atoms with Crippen LogP contribution in [0.15, 0.2) is 36.4 Å². The second kappa shape index (κ2) is 21.5. The van der Waals surface area contributed by atoms with E-state index in [2.05, 4.69) is 11.2 Å². The highest BCUT2D eigenvalue weighted by molar-refractivity contribution is 6.31. The minimum Gasteiger partial charge on any atom is -0.507 e. The lowest BCUT2D eigenvalue weighted by atomic mass is 9.72. The number of phenolic OH excluding ortho intramolecular Hbond substituents is 2. The number of alkyl carbamates (subject to hydrolysis) is 1. The van der Waals surface area contributed by atoms with Crippen molar-refractivity contribution in [3.8, 4) is 35.3 Å². The highest BCUT2D eigenvalue weighted by atomic mass is 16.7. The normalized spacial score (nSPS) is 27.7. The van der Waals surface area contributed by atoms with Crippen LogP contribution in [0.5, 0.6) is 23.0 Å². The van der Waals surface area contributed by atoms with Gasteiger partial charge in [0.15, 0.2) is 29.7 Å². The number of amides is 1. The summed E-state index contributed by atoms with van der Waals surface area (Å²) in [4.78, 5) is 90.2. The van der Waals surface area contributed by atoms with E-state index in [-0.39, 0.29) is 64.7 Å². The molecule has 7 unspecified atom stereocenters. The van der Waals surface area contributed by atoms with Crippen molar-refractivity contribution in [3.63, 3.8) is 0 Å². The van der Waals surface area contributed by atoms with Gasteiger partial charge in [-0.1, -0.05) is 32.0 Å². The van der Waals surface area contributed by atoms with Crippen LogP contribution in [0, 0.1) is 34.3 Å². The first-order valence-corrected chi connectivity index (χ1v) is 23.1. The maximum atomic E-state index is 14.1. The molecule has 2 saturated heterocycles. The predicted molar refractivity (Wildman–Crippen MR) is 246 cm³/mol. The number of carbonyl (C=O) groups excluding carboxylic acids is 6. The summed E-state index contributed by atoms with van der Waals surface area (Å²) >= 11 is 0. The van der Waals surface area contributed by atoms with E-state index in [1.165, 1.54) is 58.2 Å². The van der Waals surface area contributed by atoms with Gasteiger partial charge in [0.25, 0.3) is 0 Å². The van der Waals surface area contributed by atoms with Crippen molar-refractivity contribution in [1.82, 2.24) is 5.32 Å². The third-order valence-electron chi connectivity index (χ3n) is 13.7. The van der Waals surface area contributed by atoms with Gasteiger partial charge in [0.05, 0.1) is 59.5 Å². The van der Waals surface area contributed by atoms with E-state index in [4.69, 9.17) is 44.3 Å². The van der Waals surface area contributed by atoms with Gasteiger partial charge >= 0.3 is 23.7 Å². The zero-order valence-electron chi connectivity index (χ0n) is 40.4. The molecular weight excluding hydrogens is 965 g/mol. The number of aliphatic hydroxyl groups excluding tert-OH is 2. The third-order valence-corrected chi connectivity index (χ3v) is 13.7. The van der Waals surface area contributed by atoms with E-state index in [0.29, 0.717) is 0 Å². The Morgan fingerprint density at radius 1 is 0.986 bits per heavy atom. The monoisotopic (exact) mass is 1020 g/mol. The highest BCUT2D eigenvalue weighted by Gasteiger charge is 2.51. The quantitative estimate of drug-likeness (QED) is 0.0248. The van der Waals surface area contributed by atoms with Crippen molar-refractivity contribution in [2.75, 3.05) is 20.3 Å². The zero-order chi connectivity index (χ0) is 53.4. The van der Waals surface area contributed by atoms with Crippen molar-refractivity contribution < 1.29 is 97.1 Å². The van der Waals surface area contributed by atoms with Crippen LogP contribution < -0.4 is 14.8 Å². The zero-order valence-corrected chi connectivity index (χ0v) is 40.4. The summed E-state index contributed by atoms with van der Waals surface area (Å²) in [7, 11) is 1.27. The van der Waals surface area contributed by atoms with Gasteiger partial charge in [-0.25, -0.2) is 4.79 Å². The van der Waals surface area contributed by atoms with Crippen LogP contribution in [0.25, 0.3) is 0 Å². The number of methoxy groups -OCH3 is 1. The Balaban J connectivity index is 1.12. The van der Waals surface area contributed by atoms with E-state index in [0.717, 1.165) is 6.07 Å². The van der Waals surface area contributed by atoms with Crippen molar-refractivity contribution >= 4 is 41.1 Å². The SMILES string of the molecule is C#CCC(OC(=O)NC1CC(O[C@H]2C[C@](O)(C(=O)CO)Cc3c(O)c4c(c(O)c32)C(=O)c2c(OC)cccc2C4=O)OC(C)C1O)c1ccc(O[C@@H]2OC(COC(C)=O)[C@H](C)[C@H](C)C2OC(C)=O)c([N+](=O)[O-])c1. The number of aliphatic hydroxyl groups is 3. The van der Waals surface area contributed by atoms with Gasteiger partial charge in [0.1, 0.15) is 48.3 Å². The first-order valence-electron chi connectivity index (χ1n) is 23.1. The summed E-state index contributed by atoms with van der Waals surface area (Å²) in [5.74, 6) is -4.48. The molecule has 2 fully saturated rings. The average Bonchev–Trinajstić information content (AvgIpc) is 3.34. The average molecular weight is 1020 g/mol. The predicted octanol–water partition coefficient (Wildman–Crippen LogP) is 3.31. The summed E-state index contributed by atoms with van der Waals surface area (Å²) in [5.41, 5.74) is -5.20. The number of esters is 2. The topological polar surface area (TPSA) is 333 Å².